The van der Waals surface area contributed by atoms with Gasteiger partial charge in [-0.05, 0) is 48.5 Å². The van der Waals surface area contributed by atoms with E-state index >= 15 is 0 Å². The van der Waals surface area contributed by atoms with E-state index in [9.17, 15) is 0 Å². The Morgan fingerprint density at radius 2 is 1.02 bits per heavy atom. The van der Waals surface area contributed by atoms with Gasteiger partial charge in [0.15, 0.2) is 17.5 Å². The van der Waals surface area contributed by atoms with Crippen LogP contribution in [0, 0.1) is 0 Å². The molecule has 0 saturated heterocycles. The number of hydrogen-bond acceptors (Lipinski definition) is 5. The number of para-hydroxylation sites is 3. The molecule has 0 aliphatic rings. The van der Waals surface area contributed by atoms with Crippen molar-refractivity contribution in [1.29, 1.82) is 0 Å². The highest BCUT2D eigenvalue weighted by atomic mass is 16.3. The van der Waals surface area contributed by atoms with Crippen molar-refractivity contribution < 1.29 is 8.83 Å². The molecule has 4 aromatic heterocycles. The lowest BCUT2D eigenvalue weighted by Crippen LogP contribution is -2.00. The average Bonchev–Trinajstić information content (AvgIpc) is 3.87. The highest BCUT2D eigenvalue weighted by molar-refractivity contribution is 6.24. The second-order valence-corrected chi connectivity index (χ2v) is 12.8. The first-order valence-corrected chi connectivity index (χ1v) is 16.9. The van der Waals surface area contributed by atoms with E-state index in [2.05, 4.69) is 83.4 Å². The summed E-state index contributed by atoms with van der Waals surface area (Å²) in [6.07, 6.45) is 0. The Bertz CT molecular complexity index is 3080. The van der Waals surface area contributed by atoms with Crippen LogP contribution in [0.1, 0.15) is 0 Å². The molecule has 0 atom stereocenters. The van der Waals surface area contributed by atoms with Crippen LogP contribution in [-0.2, 0) is 0 Å². The molecule has 0 radical (unpaired) electrons. The number of benzene rings is 7. The predicted molar refractivity (Wildman–Crippen MR) is 205 cm³/mol. The van der Waals surface area contributed by atoms with Crippen LogP contribution in [0.25, 0.3) is 106 Å². The zero-order chi connectivity index (χ0) is 33.5. The lowest BCUT2D eigenvalue weighted by atomic mass is 10.1. The number of furan rings is 2. The molecule has 238 valence electrons. The second kappa shape index (κ2) is 10.7. The molecule has 6 nitrogen and oxygen atoms in total. The van der Waals surface area contributed by atoms with Crippen molar-refractivity contribution in [2.75, 3.05) is 0 Å². The maximum Gasteiger partial charge on any atom is 0.167 e. The fourth-order valence-electron chi connectivity index (χ4n) is 7.54. The quantitative estimate of drug-likeness (QED) is 0.189. The molecular formula is C45H26N4O2. The van der Waals surface area contributed by atoms with Crippen molar-refractivity contribution in [2.24, 2.45) is 0 Å². The minimum Gasteiger partial charge on any atom is -0.456 e. The van der Waals surface area contributed by atoms with Crippen LogP contribution in [0.2, 0.25) is 0 Å². The Labute approximate surface area is 290 Å². The predicted octanol–water partition coefficient (Wildman–Crippen LogP) is 11.8. The first-order chi connectivity index (χ1) is 25.3. The summed E-state index contributed by atoms with van der Waals surface area (Å²) in [6, 6.07) is 53.8. The largest absolute Gasteiger partial charge is 0.456 e. The topological polar surface area (TPSA) is 69.9 Å². The van der Waals surface area contributed by atoms with E-state index in [-0.39, 0.29) is 0 Å². The standard InChI is InChI=1S/C45H26N4O2/c1-3-12-27(13-4-1)43-46-44(28-14-5-2-6-15-28)48-45(47-43)34-19-11-18-31-32-23-24-37-40(42(32)51-41(31)34)33-17-7-9-20-36(33)49(37)29-22-25-39-35(26-29)30-16-8-10-21-38(30)50-39/h1-26H. The van der Waals surface area contributed by atoms with Crippen molar-refractivity contribution in [3.05, 3.63) is 158 Å². The van der Waals surface area contributed by atoms with Crippen molar-refractivity contribution in [3.63, 3.8) is 0 Å². The fourth-order valence-corrected chi connectivity index (χ4v) is 7.54. The van der Waals surface area contributed by atoms with Gasteiger partial charge in [-0.25, -0.2) is 15.0 Å². The summed E-state index contributed by atoms with van der Waals surface area (Å²) in [7, 11) is 0. The molecule has 4 heterocycles. The maximum absolute atomic E-state index is 6.99. The first-order valence-electron chi connectivity index (χ1n) is 16.9. The van der Waals surface area contributed by atoms with Gasteiger partial charge in [-0.1, -0.05) is 109 Å². The van der Waals surface area contributed by atoms with Gasteiger partial charge in [-0.2, -0.15) is 0 Å². The van der Waals surface area contributed by atoms with Crippen LogP contribution in [-0.4, -0.2) is 19.5 Å². The van der Waals surface area contributed by atoms with Crippen LogP contribution >= 0.6 is 0 Å². The molecule has 0 N–H and O–H groups in total. The lowest BCUT2D eigenvalue weighted by molar-refractivity contribution is 0.669. The van der Waals surface area contributed by atoms with Gasteiger partial charge in [0.2, 0.25) is 0 Å². The number of nitrogens with zero attached hydrogens (tertiary/aromatic N) is 4. The Balaban J connectivity index is 1.17. The third-order valence-electron chi connectivity index (χ3n) is 9.86. The molecule has 11 aromatic rings. The van der Waals surface area contributed by atoms with E-state index in [0.717, 1.165) is 88.1 Å². The zero-order valence-electron chi connectivity index (χ0n) is 27.1. The Hall–Kier alpha value is -7.05. The van der Waals surface area contributed by atoms with Crippen molar-refractivity contribution >= 4 is 65.7 Å². The maximum atomic E-state index is 6.99. The fraction of sp³-hybridized carbons (Fsp3) is 0. The minimum absolute atomic E-state index is 0.562. The third kappa shape index (κ3) is 4.20. The SMILES string of the molecule is c1ccc(-c2nc(-c3ccccc3)nc(-c3cccc4c3oc3c4ccc4c3c3ccccc3n4-c3ccc4oc5ccccc5c4c3)n2)cc1. The van der Waals surface area contributed by atoms with Gasteiger partial charge >= 0.3 is 0 Å². The minimum atomic E-state index is 0.562. The summed E-state index contributed by atoms with van der Waals surface area (Å²) in [6.45, 7) is 0. The van der Waals surface area contributed by atoms with Crippen LogP contribution < -0.4 is 0 Å². The molecule has 11 rings (SSSR count). The summed E-state index contributed by atoms with van der Waals surface area (Å²) in [4.78, 5) is 14.9. The van der Waals surface area contributed by atoms with E-state index in [0.29, 0.717) is 17.5 Å². The summed E-state index contributed by atoms with van der Waals surface area (Å²) in [5, 5.41) is 6.42. The molecule has 0 fully saturated rings. The van der Waals surface area contributed by atoms with Crippen molar-refractivity contribution in [1.82, 2.24) is 19.5 Å². The lowest BCUT2D eigenvalue weighted by Gasteiger charge is -2.08. The molecule has 0 amide bonds. The Kier molecular flexibility index (Phi) is 5.86. The highest BCUT2D eigenvalue weighted by Crippen LogP contribution is 2.43. The van der Waals surface area contributed by atoms with E-state index < -0.39 is 0 Å². The van der Waals surface area contributed by atoms with Gasteiger partial charge in [0.1, 0.15) is 22.3 Å². The van der Waals surface area contributed by atoms with E-state index in [1.807, 2.05) is 78.9 Å². The molecule has 0 spiro atoms. The van der Waals surface area contributed by atoms with Gasteiger partial charge in [0, 0.05) is 43.7 Å². The number of rotatable bonds is 4. The van der Waals surface area contributed by atoms with Gasteiger partial charge in [0.05, 0.1) is 22.0 Å². The van der Waals surface area contributed by atoms with E-state index in [1.54, 1.807) is 0 Å². The van der Waals surface area contributed by atoms with Gasteiger partial charge < -0.3 is 13.4 Å². The monoisotopic (exact) mass is 654 g/mol. The smallest absolute Gasteiger partial charge is 0.167 e. The Morgan fingerprint density at radius 3 is 1.80 bits per heavy atom. The van der Waals surface area contributed by atoms with E-state index in [4.69, 9.17) is 23.8 Å². The normalized spacial score (nSPS) is 11.9. The molecule has 7 aromatic carbocycles. The summed E-state index contributed by atoms with van der Waals surface area (Å²) >= 11 is 0. The van der Waals surface area contributed by atoms with Crippen LogP contribution in [0.4, 0.5) is 0 Å². The van der Waals surface area contributed by atoms with Crippen molar-refractivity contribution in [2.45, 2.75) is 0 Å². The van der Waals surface area contributed by atoms with Crippen LogP contribution in [0.5, 0.6) is 0 Å². The number of aromatic nitrogens is 4. The number of hydrogen-bond donors (Lipinski definition) is 0. The molecule has 0 aliphatic carbocycles. The van der Waals surface area contributed by atoms with Crippen molar-refractivity contribution in [3.8, 4) is 39.9 Å². The molecule has 0 unspecified atom stereocenters. The van der Waals surface area contributed by atoms with E-state index in [1.165, 1.54) is 0 Å². The summed E-state index contributed by atoms with van der Waals surface area (Å²) < 4.78 is 15.5. The molecule has 51 heavy (non-hydrogen) atoms. The zero-order valence-corrected chi connectivity index (χ0v) is 27.1. The van der Waals surface area contributed by atoms with Gasteiger partial charge in [-0.15, -0.1) is 0 Å². The number of fused-ring (bicyclic) bond motifs is 10. The van der Waals surface area contributed by atoms with Crippen LogP contribution in [0.3, 0.4) is 0 Å². The molecular weight excluding hydrogens is 629 g/mol. The molecule has 0 saturated carbocycles. The molecule has 6 heteroatoms. The van der Waals surface area contributed by atoms with Crippen LogP contribution in [0.15, 0.2) is 167 Å². The highest BCUT2D eigenvalue weighted by Gasteiger charge is 2.22. The van der Waals surface area contributed by atoms with Gasteiger partial charge in [0.25, 0.3) is 0 Å². The van der Waals surface area contributed by atoms with Gasteiger partial charge in [-0.3, -0.25) is 0 Å². The first kappa shape index (κ1) is 27.9. The third-order valence-corrected chi connectivity index (χ3v) is 9.86. The average molecular weight is 655 g/mol. The summed E-state index contributed by atoms with van der Waals surface area (Å²) in [5.74, 6) is 1.78. The Morgan fingerprint density at radius 1 is 0.392 bits per heavy atom. The molecule has 0 aliphatic heterocycles. The summed E-state index contributed by atoms with van der Waals surface area (Å²) in [5.41, 5.74) is 9.22. The molecule has 0 bridgehead atoms. The second-order valence-electron chi connectivity index (χ2n) is 12.8.